The van der Waals surface area contributed by atoms with Crippen LogP contribution in [0.2, 0.25) is 0 Å². The highest BCUT2D eigenvalue weighted by Gasteiger charge is 2.62. The number of fused-ring (bicyclic) bond motifs is 5. The zero-order valence-electron chi connectivity index (χ0n) is 13.8. The third kappa shape index (κ3) is 2.72. The maximum atomic E-state index is 12.5. The Kier molecular flexibility index (Phi) is 4.86. The number of hydrogen-bond acceptors (Lipinski definition) is 5. The highest BCUT2D eigenvalue weighted by molar-refractivity contribution is 6.06. The molecular formula is C16H24ClN3O4. The number of hydrogen-bond donors (Lipinski definition) is 1. The van der Waals surface area contributed by atoms with Crippen LogP contribution in [-0.4, -0.2) is 72.0 Å². The van der Waals surface area contributed by atoms with E-state index in [1.807, 2.05) is 11.8 Å². The fourth-order valence-electron chi connectivity index (χ4n) is 4.52. The molecule has 4 heterocycles. The maximum Gasteiger partial charge on any atom is 0.235 e. The van der Waals surface area contributed by atoms with Gasteiger partial charge in [-0.3, -0.25) is 19.3 Å². The first-order valence-electron chi connectivity index (χ1n) is 8.58. The summed E-state index contributed by atoms with van der Waals surface area (Å²) in [5, 5.41) is 3.30. The molecule has 1 N–H and O–H groups in total. The molecule has 0 aromatic rings. The smallest absolute Gasteiger partial charge is 0.235 e. The first-order valence-corrected chi connectivity index (χ1v) is 8.58. The van der Waals surface area contributed by atoms with Crippen LogP contribution in [0.3, 0.4) is 0 Å². The number of nitrogens with one attached hydrogen (secondary N) is 1. The number of ether oxygens (including phenoxy) is 1. The maximum absolute atomic E-state index is 12.5. The fourth-order valence-corrected chi connectivity index (χ4v) is 4.52. The zero-order valence-corrected chi connectivity index (χ0v) is 14.6. The number of carbonyl (C=O) groups is 3. The third-order valence-corrected chi connectivity index (χ3v) is 5.65. The van der Waals surface area contributed by atoms with E-state index in [2.05, 4.69) is 5.32 Å². The number of rotatable bonds is 3. The lowest BCUT2D eigenvalue weighted by atomic mass is 9.81. The molecule has 4 fully saturated rings. The van der Waals surface area contributed by atoms with Crippen molar-refractivity contribution in [3.63, 3.8) is 0 Å². The summed E-state index contributed by atoms with van der Waals surface area (Å²) in [7, 11) is 0. The average Bonchev–Trinajstić information content (AvgIpc) is 3.20. The molecule has 3 amide bonds. The molecule has 0 aromatic carbocycles. The Hall–Kier alpha value is -1.18. The Labute approximate surface area is 147 Å². The number of imide groups is 1. The lowest BCUT2D eigenvalue weighted by Crippen LogP contribution is -2.51. The van der Waals surface area contributed by atoms with Crippen LogP contribution in [0.4, 0.5) is 0 Å². The number of piperazine rings is 1. The summed E-state index contributed by atoms with van der Waals surface area (Å²) in [6.45, 7) is 4.42. The van der Waals surface area contributed by atoms with Crippen LogP contribution in [-0.2, 0) is 19.1 Å². The van der Waals surface area contributed by atoms with E-state index < -0.39 is 0 Å². The van der Waals surface area contributed by atoms with Crippen LogP contribution < -0.4 is 5.32 Å². The van der Waals surface area contributed by atoms with Gasteiger partial charge in [-0.2, -0.15) is 0 Å². The van der Waals surface area contributed by atoms with Gasteiger partial charge in [0.2, 0.25) is 17.7 Å². The van der Waals surface area contributed by atoms with E-state index >= 15 is 0 Å². The molecule has 4 rings (SSSR count). The summed E-state index contributed by atoms with van der Waals surface area (Å²) in [6.07, 6.45) is 1.79. The summed E-state index contributed by atoms with van der Waals surface area (Å²) >= 11 is 0. The van der Waals surface area contributed by atoms with Gasteiger partial charge in [-0.05, 0) is 19.8 Å². The standard InChI is InChI=1S/C16H23N3O4.ClH/c1-9-8-18(7-5-17-9)12(20)4-6-19-15(21)13-10-2-3-11(23-10)14(13)16(19)22;/h9-11,13-14,17H,2-8H2,1H3;1H. The summed E-state index contributed by atoms with van der Waals surface area (Å²) in [6, 6.07) is 0.287. The molecule has 134 valence electrons. The third-order valence-electron chi connectivity index (χ3n) is 5.65. The number of amides is 3. The van der Waals surface area contributed by atoms with Crippen LogP contribution in [0.1, 0.15) is 26.2 Å². The lowest BCUT2D eigenvalue weighted by Gasteiger charge is -2.32. The summed E-state index contributed by atoms with van der Waals surface area (Å²) in [4.78, 5) is 40.5. The van der Waals surface area contributed by atoms with Gasteiger partial charge in [0.1, 0.15) is 0 Å². The molecule has 0 saturated carbocycles. The Morgan fingerprint density at radius 3 is 2.42 bits per heavy atom. The van der Waals surface area contributed by atoms with Crippen molar-refractivity contribution >= 4 is 30.1 Å². The average molecular weight is 358 g/mol. The van der Waals surface area contributed by atoms with Crippen LogP contribution in [0.5, 0.6) is 0 Å². The fraction of sp³-hybridized carbons (Fsp3) is 0.812. The molecular weight excluding hydrogens is 334 g/mol. The first kappa shape index (κ1) is 17.6. The monoisotopic (exact) mass is 357 g/mol. The molecule has 5 unspecified atom stereocenters. The Morgan fingerprint density at radius 1 is 1.21 bits per heavy atom. The second kappa shape index (κ2) is 6.61. The molecule has 24 heavy (non-hydrogen) atoms. The minimum atomic E-state index is -0.296. The zero-order chi connectivity index (χ0) is 16.1. The van der Waals surface area contributed by atoms with E-state index in [4.69, 9.17) is 4.74 Å². The van der Waals surface area contributed by atoms with E-state index in [-0.39, 0.29) is 73.2 Å². The normalized spacial score (nSPS) is 37.6. The molecule has 4 saturated heterocycles. The SMILES string of the molecule is CC1CN(C(=O)CCN2C(=O)C3C4CCC(O4)C3C2=O)CCN1.Cl. The first-order chi connectivity index (χ1) is 11.1. The van der Waals surface area contributed by atoms with Gasteiger partial charge < -0.3 is 15.0 Å². The Balaban J connectivity index is 0.00000169. The van der Waals surface area contributed by atoms with Gasteiger partial charge in [0.15, 0.2) is 0 Å². The summed E-state index contributed by atoms with van der Waals surface area (Å²) in [5.41, 5.74) is 0. The van der Waals surface area contributed by atoms with Gasteiger partial charge in [-0.1, -0.05) is 0 Å². The number of likely N-dealkylation sites (tertiary alicyclic amines) is 1. The second-order valence-electron chi connectivity index (χ2n) is 7.11. The minimum absolute atomic E-state index is 0. The van der Waals surface area contributed by atoms with Crippen molar-refractivity contribution in [3.8, 4) is 0 Å². The highest BCUT2D eigenvalue weighted by Crippen LogP contribution is 2.48. The molecule has 0 aromatic heterocycles. The van der Waals surface area contributed by atoms with Crippen molar-refractivity contribution in [1.82, 2.24) is 15.1 Å². The van der Waals surface area contributed by atoms with E-state index in [1.165, 1.54) is 4.90 Å². The van der Waals surface area contributed by atoms with Gasteiger partial charge in [0.25, 0.3) is 0 Å². The van der Waals surface area contributed by atoms with Gasteiger partial charge in [-0.25, -0.2) is 0 Å². The lowest BCUT2D eigenvalue weighted by molar-refractivity contribution is -0.143. The van der Waals surface area contributed by atoms with E-state index in [0.717, 1.165) is 19.4 Å². The van der Waals surface area contributed by atoms with Crippen molar-refractivity contribution < 1.29 is 19.1 Å². The van der Waals surface area contributed by atoms with Crippen LogP contribution in [0.15, 0.2) is 0 Å². The van der Waals surface area contributed by atoms with Crippen molar-refractivity contribution in [1.29, 1.82) is 0 Å². The molecule has 5 atom stereocenters. The molecule has 0 aliphatic carbocycles. The van der Waals surface area contributed by atoms with Crippen molar-refractivity contribution in [3.05, 3.63) is 0 Å². The minimum Gasteiger partial charge on any atom is -0.373 e. The topological polar surface area (TPSA) is 79.0 Å². The molecule has 0 spiro atoms. The Morgan fingerprint density at radius 2 is 1.83 bits per heavy atom. The molecule has 4 aliphatic heterocycles. The van der Waals surface area contributed by atoms with Crippen LogP contribution >= 0.6 is 12.4 Å². The van der Waals surface area contributed by atoms with Crippen molar-refractivity contribution in [2.24, 2.45) is 11.8 Å². The molecule has 8 heteroatoms. The number of halogens is 1. The van der Waals surface area contributed by atoms with Gasteiger partial charge in [0, 0.05) is 38.6 Å². The van der Waals surface area contributed by atoms with Crippen molar-refractivity contribution in [2.45, 2.75) is 44.4 Å². The van der Waals surface area contributed by atoms with Crippen LogP contribution in [0, 0.1) is 11.8 Å². The van der Waals surface area contributed by atoms with Gasteiger partial charge in [-0.15, -0.1) is 12.4 Å². The molecule has 7 nitrogen and oxygen atoms in total. The molecule has 0 radical (unpaired) electrons. The van der Waals surface area contributed by atoms with Crippen molar-refractivity contribution in [2.75, 3.05) is 26.2 Å². The van der Waals surface area contributed by atoms with E-state index in [0.29, 0.717) is 13.1 Å². The second-order valence-corrected chi connectivity index (χ2v) is 7.11. The number of nitrogens with zero attached hydrogens (tertiary/aromatic N) is 2. The van der Waals surface area contributed by atoms with E-state index in [9.17, 15) is 14.4 Å². The van der Waals surface area contributed by atoms with Gasteiger partial charge >= 0.3 is 0 Å². The molecule has 4 aliphatic rings. The highest BCUT2D eigenvalue weighted by atomic mass is 35.5. The van der Waals surface area contributed by atoms with E-state index in [1.54, 1.807) is 0 Å². The summed E-state index contributed by atoms with van der Waals surface area (Å²) < 4.78 is 5.71. The predicted molar refractivity (Wildman–Crippen MR) is 87.5 cm³/mol. The van der Waals surface area contributed by atoms with Crippen LogP contribution in [0.25, 0.3) is 0 Å². The largest absolute Gasteiger partial charge is 0.373 e. The quantitative estimate of drug-likeness (QED) is 0.707. The van der Waals surface area contributed by atoms with Gasteiger partial charge in [0.05, 0.1) is 24.0 Å². The molecule has 2 bridgehead atoms. The number of carbonyl (C=O) groups excluding carboxylic acids is 3. The Bertz CT molecular complexity index is 529. The predicted octanol–water partition coefficient (Wildman–Crippen LogP) is -0.219. The summed E-state index contributed by atoms with van der Waals surface area (Å²) in [5.74, 6) is -0.830.